The van der Waals surface area contributed by atoms with Crippen LogP contribution in [0.4, 0.5) is 5.69 Å². The van der Waals surface area contributed by atoms with Gasteiger partial charge in [0.25, 0.3) is 0 Å². The average Bonchev–Trinajstić information content (AvgIpc) is 2.27. The highest BCUT2D eigenvalue weighted by Crippen LogP contribution is 2.15. The molecule has 0 heterocycles. The zero-order chi connectivity index (χ0) is 12.0. The van der Waals surface area contributed by atoms with Crippen LogP contribution in [0.25, 0.3) is 0 Å². The van der Waals surface area contributed by atoms with Crippen molar-refractivity contribution in [3.05, 3.63) is 29.8 Å². The lowest BCUT2D eigenvalue weighted by atomic mass is 10.2. The van der Waals surface area contributed by atoms with Crippen molar-refractivity contribution in [3.63, 3.8) is 0 Å². The van der Waals surface area contributed by atoms with Gasteiger partial charge in [-0.2, -0.15) is 5.26 Å². The average molecular weight is 240 g/mol. The Hall–Kier alpha value is -1.58. The Morgan fingerprint density at radius 1 is 1.38 bits per heavy atom. The van der Waals surface area contributed by atoms with Gasteiger partial charge in [-0.05, 0) is 18.6 Å². The molecule has 0 amide bonds. The summed E-state index contributed by atoms with van der Waals surface area (Å²) in [6.45, 7) is -0.180. The van der Waals surface area contributed by atoms with E-state index in [0.29, 0.717) is 0 Å². The van der Waals surface area contributed by atoms with Gasteiger partial charge in [0.05, 0.1) is 17.0 Å². The van der Waals surface area contributed by atoms with E-state index in [1.165, 1.54) is 12.1 Å². The van der Waals surface area contributed by atoms with Crippen LogP contribution < -0.4 is 4.72 Å². The zero-order valence-corrected chi connectivity index (χ0v) is 9.37. The van der Waals surface area contributed by atoms with Gasteiger partial charge >= 0.3 is 0 Å². The Kier molecular flexibility index (Phi) is 4.28. The molecular formula is C10H12N2O3S. The van der Waals surface area contributed by atoms with E-state index < -0.39 is 10.0 Å². The van der Waals surface area contributed by atoms with Gasteiger partial charge in [0, 0.05) is 6.61 Å². The predicted octanol–water partition coefficient (Wildman–Crippen LogP) is 0.682. The van der Waals surface area contributed by atoms with E-state index in [9.17, 15) is 8.42 Å². The normalized spacial score (nSPS) is 10.8. The van der Waals surface area contributed by atoms with E-state index in [1.807, 2.05) is 6.07 Å². The fourth-order valence-corrected chi connectivity index (χ4v) is 2.27. The number of sulfonamides is 1. The number of nitriles is 1. The summed E-state index contributed by atoms with van der Waals surface area (Å²) in [4.78, 5) is 0. The van der Waals surface area contributed by atoms with Crippen LogP contribution in [0.5, 0.6) is 0 Å². The minimum atomic E-state index is -3.49. The molecule has 0 fully saturated rings. The van der Waals surface area contributed by atoms with Crippen molar-refractivity contribution in [2.75, 3.05) is 17.1 Å². The third kappa shape index (κ3) is 3.53. The van der Waals surface area contributed by atoms with E-state index in [0.717, 1.165) is 0 Å². The van der Waals surface area contributed by atoms with Crippen molar-refractivity contribution in [2.45, 2.75) is 6.42 Å². The first-order valence-corrected chi connectivity index (χ1v) is 6.35. The molecule has 0 bridgehead atoms. The first-order valence-electron chi connectivity index (χ1n) is 4.69. The van der Waals surface area contributed by atoms with E-state index in [-0.39, 0.29) is 30.0 Å². The molecule has 0 atom stereocenters. The van der Waals surface area contributed by atoms with Crippen molar-refractivity contribution in [2.24, 2.45) is 0 Å². The Labute approximate surface area is 94.4 Å². The van der Waals surface area contributed by atoms with Crippen LogP contribution in [-0.2, 0) is 10.0 Å². The van der Waals surface area contributed by atoms with Gasteiger partial charge in [0.1, 0.15) is 6.07 Å². The monoisotopic (exact) mass is 240 g/mol. The maximum atomic E-state index is 11.5. The van der Waals surface area contributed by atoms with E-state index in [4.69, 9.17) is 10.4 Å². The second-order valence-electron chi connectivity index (χ2n) is 3.16. The summed E-state index contributed by atoms with van der Waals surface area (Å²) in [7, 11) is -3.49. The molecule has 0 unspecified atom stereocenters. The summed E-state index contributed by atoms with van der Waals surface area (Å²) in [6.07, 6.45) is 0.171. The number of anilines is 1. The second kappa shape index (κ2) is 5.49. The van der Waals surface area contributed by atoms with Crippen LogP contribution in [0, 0.1) is 11.3 Å². The summed E-state index contributed by atoms with van der Waals surface area (Å²) in [5.41, 5.74) is 0.540. The molecule has 0 spiro atoms. The SMILES string of the molecule is N#Cc1ccccc1NS(=O)(=O)CCCO. The lowest BCUT2D eigenvalue weighted by Gasteiger charge is -2.08. The standard InChI is InChI=1S/C10H12N2O3S/c11-8-9-4-1-2-5-10(9)12-16(14,15)7-3-6-13/h1-2,4-5,12-13H,3,6-7H2. The third-order valence-corrected chi connectivity index (χ3v) is 3.24. The Balaban J connectivity index is 2.85. The van der Waals surface area contributed by atoms with Gasteiger partial charge in [-0.3, -0.25) is 4.72 Å². The van der Waals surface area contributed by atoms with Crippen molar-refractivity contribution in [1.29, 1.82) is 5.26 Å². The molecule has 0 aliphatic carbocycles. The van der Waals surface area contributed by atoms with Gasteiger partial charge in [0.15, 0.2) is 0 Å². The predicted molar refractivity (Wildman–Crippen MR) is 60.3 cm³/mol. The summed E-state index contributed by atoms with van der Waals surface area (Å²) in [5.74, 6) is -0.163. The van der Waals surface area contributed by atoms with Crippen molar-refractivity contribution in [1.82, 2.24) is 0 Å². The van der Waals surface area contributed by atoms with Gasteiger partial charge in [-0.1, -0.05) is 12.1 Å². The maximum Gasteiger partial charge on any atom is 0.232 e. The van der Waals surface area contributed by atoms with E-state index in [1.54, 1.807) is 12.1 Å². The first-order chi connectivity index (χ1) is 7.59. The number of nitrogens with zero attached hydrogens (tertiary/aromatic N) is 1. The lowest BCUT2D eigenvalue weighted by Crippen LogP contribution is -2.18. The lowest BCUT2D eigenvalue weighted by molar-refractivity contribution is 0.295. The number of aliphatic hydroxyl groups excluding tert-OH is 1. The minimum Gasteiger partial charge on any atom is -0.396 e. The van der Waals surface area contributed by atoms with Crippen molar-refractivity contribution in [3.8, 4) is 6.07 Å². The van der Waals surface area contributed by atoms with Gasteiger partial charge < -0.3 is 5.11 Å². The maximum absolute atomic E-state index is 11.5. The molecule has 0 saturated heterocycles. The molecule has 1 rings (SSSR count). The molecule has 0 saturated carbocycles. The molecule has 0 radical (unpaired) electrons. The summed E-state index contributed by atoms with van der Waals surface area (Å²) < 4.78 is 25.3. The molecule has 2 N–H and O–H groups in total. The molecule has 0 aliphatic rings. The molecule has 0 aliphatic heterocycles. The second-order valence-corrected chi connectivity index (χ2v) is 5.00. The number of rotatable bonds is 5. The number of hydrogen-bond donors (Lipinski definition) is 2. The van der Waals surface area contributed by atoms with Gasteiger partial charge in [-0.15, -0.1) is 0 Å². The molecule has 6 heteroatoms. The first kappa shape index (κ1) is 12.5. The summed E-state index contributed by atoms with van der Waals surface area (Å²) in [5, 5.41) is 17.3. The number of nitrogens with one attached hydrogen (secondary N) is 1. The van der Waals surface area contributed by atoms with Crippen LogP contribution in [0.1, 0.15) is 12.0 Å². The Morgan fingerprint density at radius 2 is 2.06 bits per heavy atom. The number of benzene rings is 1. The molecule has 1 aromatic carbocycles. The number of aliphatic hydroxyl groups is 1. The highest BCUT2D eigenvalue weighted by molar-refractivity contribution is 7.92. The smallest absolute Gasteiger partial charge is 0.232 e. The van der Waals surface area contributed by atoms with E-state index in [2.05, 4.69) is 4.72 Å². The van der Waals surface area contributed by atoms with E-state index >= 15 is 0 Å². The Bertz CT molecular complexity index is 491. The molecule has 16 heavy (non-hydrogen) atoms. The Morgan fingerprint density at radius 3 is 2.69 bits per heavy atom. The number of hydrogen-bond acceptors (Lipinski definition) is 4. The van der Waals surface area contributed by atoms with Crippen molar-refractivity contribution >= 4 is 15.7 Å². The molecular weight excluding hydrogens is 228 g/mol. The molecule has 0 aromatic heterocycles. The highest BCUT2D eigenvalue weighted by Gasteiger charge is 2.11. The van der Waals surface area contributed by atoms with Gasteiger partial charge in [0.2, 0.25) is 10.0 Å². The van der Waals surface area contributed by atoms with Crippen LogP contribution in [0.15, 0.2) is 24.3 Å². The fourth-order valence-electron chi connectivity index (χ4n) is 1.14. The fraction of sp³-hybridized carbons (Fsp3) is 0.300. The number of para-hydroxylation sites is 1. The highest BCUT2D eigenvalue weighted by atomic mass is 32.2. The molecule has 5 nitrogen and oxygen atoms in total. The topological polar surface area (TPSA) is 90.2 Å². The molecule has 1 aromatic rings. The summed E-state index contributed by atoms with van der Waals surface area (Å²) in [6, 6.07) is 8.25. The molecule has 86 valence electrons. The van der Waals surface area contributed by atoms with Crippen molar-refractivity contribution < 1.29 is 13.5 Å². The van der Waals surface area contributed by atoms with Crippen LogP contribution in [-0.4, -0.2) is 25.9 Å². The van der Waals surface area contributed by atoms with Crippen LogP contribution in [0.3, 0.4) is 0 Å². The van der Waals surface area contributed by atoms with Crippen LogP contribution >= 0.6 is 0 Å². The summed E-state index contributed by atoms with van der Waals surface area (Å²) >= 11 is 0. The van der Waals surface area contributed by atoms with Gasteiger partial charge in [-0.25, -0.2) is 8.42 Å². The largest absolute Gasteiger partial charge is 0.396 e. The quantitative estimate of drug-likeness (QED) is 0.792. The van der Waals surface area contributed by atoms with Crippen LogP contribution in [0.2, 0.25) is 0 Å². The third-order valence-electron chi connectivity index (χ3n) is 1.88. The minimum absolute atomic E-state index is 0.163. The zero-order valence-electron chi connectivity index (χ0n) is 8.55.